The number of methoxy groups -OCH3 is 1. The number of rotatable bonds is 13. The number of halogens is 1. The van der Waals surface area contributed by atoms with E-state index in [0.717, 1.165) is 6.07 Å². The fourth-order valence-electron chi connectivity index (χ4n) is 3.00. The number of nitrogens with two attached hydrogens (primary N) is 1. The largest absolute Gasteiger partial charge is 0.475 e. The Balaban J connectivity index is 1.85. The second-order valence-corrected chi connectivity index (χ2v) is 7.18. The molecule has 0 aliphatic carbocycles. The zero-order chi connectivity index (χ0) is 25.2. The van der Waals surface area contributed by atoms with Crippen LogP contribution in [0.4, 0.5) is 26.5 Å². The van der Waals surface area contributed by atoms with E-state index >= 15 is 0 Å². The lowest BCUT2D eigenvalue weighted by Crippen LogP contribution is -2.39. The van der Waals surface area contributed by atoms with Crippen molar-refractivity contribution in [1.29, 1.82) is 0 Å². The molecule has 0 saturated carbocycles. The van der Waals surface area contributed by atoms with Crippen LogP contribution < -0.4 is 26.4 Å². The maximum absolute atomic E-state index is 14.8. The van der Waals surface area contributed by atoms with Crippen molar-refractivity contribution >= 4 is 29.3 Å². The number of ether oxygens (including phenoxy) is 2. The van der Waals surface area contributed by atoms with Crippen LogP contribution in [0, 0.1) is 5.82 Å². The first-order valence-corrected chi connectivity index (χ1v) is 10.4. The maximum atomic E-state index is 14.8. The van der Waals surface area contributed by atoms with E-state index in [1.807, 2.05) is 0 Å². The number of nitrogens with one attached hydrogen (secondary N) is 3. The van der Waals surface area contributed by atoms with Crippen LogP contribution in [0.15, 0.2) is 42.9 Å². The zero-order valence-electron chi connectivity index (χ0n) is 18.8. The van der Waals surface area contributed by atoms with Gasteiger partial charge in [0.2, 0.25) is 5.88 Å². The normalized spacial score (nSPS) is 11.5. The molecule has 3 rings (SSSR count). The van der Waals surface area contributed by atoms with E-state index in [4.69, 9.17) is 20.3 Å². The van der Waals surface area contributed by atoms with Crippen molar-refractivity contribution in [2.45, 2.75) is 12.6 Å². The van der Waals surface area contributed by atoms with Gasteiger partial charge in [0.1, 0.15) is 12.4 Å². The third-order valence-corrected chi connectivity index (χ3v) is 4.58. The number of anilines is 3. The van der Waals surface area contributed by atoms with Crippen molar-refractivity contribution < 1.29 is 28.6 Å². The number of carbonyl (C=O) groups excluding carboxylic acids is 1. The fourth-order valence-corrected chi connectivity index (χ4v) is 3.00. The third kappa shape index (κ3) is 7.53. The first-order chi connectivity index (χ1) is 16.9. The minimum atomic E-state index is -1.24. The van der Waals surface area contributed by atoms with E-state index in [1.54, 1.807) is 42.4 Å². The highest BCUT2D eigenvalue weighted by molar-refractivity contribution is 5.98. The van der Waals surface area contributed by atoms with Gasteiger partial charge in [0.05, 0.1) is 24.8 Å². The maximum Gasteiger partial charge on any atom is 0.404 e. The second-order valence-electron chi connectivity index (χ2n) is 7.18. The number of carbonyl (C=O) groups is 2. The Bertz CT molecular complexity index is 1140. The molecule has 0 bridgehead atoms. The van der Waals surface area contributed by atoms with Crippen LogP contribution in [0.1, 0.15) is 10.4 Å². The second kappa shape index (κ2) is 12.1. The molecule has 1 atom stereocenters. The highest BCUT2D eigenvalue weighted by atomic mass is 19.1. The Kier molecular flexibility index (Phi) is 8.72. The average molecular weight is 488 g/mol. The predicted octanol–water partition coefficient (Wildman–Crippen LogP) is 1.43. The van der Waals surface area contributed by atoms with Crippen LogP contribution in [0.3, 0.4) is 0 Å². The molecule has 2 amide bonds. The lowest BCUT2D eigenvalue weighted by molar-refractivity contribution is 0.100. The molecular weight excluding hydrogens is 463 g/mol. The minimum absolute atomic E-state index is 0.0144. The SMILES string of the molecule is COCCOc1cc(Nc2nc(NC(CNC(=O)O)Cn3cccn3)c(F)cc2C(N)=O)ccn1. The van der Waals surface area contributed by atoms with E-state index < -0.39 is 23.9 Å². The fraction of sp³-hybridized carbons (Fsp3) is 0.286. The summed E-state index contributed by atoms with van der Waals surface area (Å²) in [6.07, 6.45) is 3.48. The molecule has 1 unspecified atom stereocenters. The quantitative estimate of drug-likeness (QED) is 0.221. The molecule has 0 aliphatic heterocycles. The number of amides is 2. The highest BCUT2D eigenvalue weighted by Crippen LogP contribution is 2.25. The third-order valence-electron chi connectivity index (χ3n) is 4.58. The number of nitrogens with zero attached hydrogens (tertiary/aromatic N) is 4. The van der Waals surface area contributed by atoms with Crippen LogP contribution in [0.25, 0.3) is 0 Å². The van der Waals surface area contributed by atoms with Gasteiger partial charge in [-0.2, -0.15) is 5.10 Å². The number of primary amides is 1. The zero-order valence-corrected chi connectivity index (χ0v) is 18.8. The van der Waals surface area contributed by atoms with Crippen molar-refractivity contribution in [1.82, 2.24) is 25.1 Å². The summed E-state index contributed by atoms with van der Waals surface area (Å²) in [5.41, 5.74) is 5.70. The summed E-state index contributed by atoms with van der Waals surface area (Å²) in [7, 11) is 1.54. The molecule has 186 valence electrons. The van der Waals surface area contributed by atoms with E-state index in [2.05, 4.69) is 31.0 Å². The Morgan fingerprint density at radius 2 is 2.09 bits per heavy atom. The molecule has 0 saturated heterocycles. The Hall–Kier alpha value is -4.46. The van der Waals surface area contributed by atoms with E-state index in [-0.39, 0.29) is 36.9 Å². The average Bonchev–Trinajstić information content (AvgIpc) is 3.33. The topological polar surface area (TPSA) is 179 Å². The molecule has 0 spiro atoms. The molecule has 6 N–H and O–H groups in total. The van der Waals surface area contributed by atoms with Crippen molar-refractivity contribution in [3.63, 3.8) is 0 Å². The monoisotopic (exact) mass is 488 g/mol. The molecule has 14 heteroatoms. The van der Waals surface area contributed by atoms with Gasteiger partial charge >= 0.3 is 6.09 Å². The van der Waals surface area contributed by atoms with Gasteiger partial charge in [-0.25, -0.2) is 19.2 Å². The molecule has 0 aromatic carbocycles. The molecule has 35 heavy (non-hydrogen) atoms. The van der Waals surface area contributed by atoms with Crippen LogP contribution in [0.5, 0.6) is 5.88 Å². The molecule has 3 heterocycles. The van der Waals surface area contributed by atoms with E-state index in [9.17, 15) is 14.0 Å². The first kappa shape index (κ1) is 25.2. The minimum Gasteiger partial charge on any atom is -0.475 e. The molecule has 3 aromatic heterocycles. The molecular formula is C21H25FN8O5. The molecule has 13 nitrogen and oxygen atoms in total. The summed E-state index contributed by atoms with van der Waals surface area (Å²) in [5.74, 6) is -1.67. The molecule has 0 aliphatic rings. The van der Waals surface area contributed by atoms with Gasteiger partial charge in [0.15, 0.2) is 11.6 Å². The lowest BCUT2D eigenvalue weighted by atomic mass is 10.2. The smallest absolute Gasteiger partial charge is 0.404 e. The predicted molar refractivity (Wildman–Crippen MR) is 123 cm³/mol. The number of hydrogen-bond donors (Lipinski definition) is 5. The Morgan fingerprint density at radius 1 is 1.26 bits per heavy atom. The van der Waals surface area contributed by atoms with Crippen molar-refractivity contribution in [3.05, 3.63) is 54.2 Å². The van der Waals surface area contributed by atoms with Crippen LogP contribution >= 0.6 is 0 Å². The summed E-state index contributed by atoms with van der Waals surface area (Å²) in [6.45, 7) is 0.797. The first-order valence-electron chi connectivity index (χ1n) is 10.4. The van der Waals surface area contributed by atoms with Crippen molar-refractivity contribution in [3.8, 4) is 5.88 Å². The molecule has 0 radical (unpaired) electrons. The van der Waals surface area contributed by atoms with Crippen molar-refractivity contribution in [2.75, 3.05) is 37.5 Å². The van der Waals surface area contributed by atoms with Gasteiger partial charge < -0.3 is 36.3 Å². The van der Waals surface area contributed by atoms with E-state index in [1.165, 1.54) is 6.20 Å². The molecule has 3 aromatic rings. The van der Waals surface area contributed by atoms with Gasteiger partial charge in [0.25, 0.3) is 5.91 Å². The summed E-state index contributed by atoms with van der Waals surface area (Å²) >= 11 is 0. The molecule has 0 fully saturated rings. The number of pyridine rings is 2. The standard InChI is InChI=1S/C21H25FN8O5/c1-34-7-8-35-17-9-13(3-5-24-17)27-19-15(18(23)31)10-16(22)20(29-19)28-14(11-25-21(32)33)12-30-6-2-4-26-30/h2-6,9-10,14,25H,7-8,11-12H2,1H3,(H2,23,31)(H,32,33)(H2,24,27,28,29). The van der Waals surface area contributed by atoms with Gasteiger partial charge in [-0.05, 0) is 18.2 Å². The number of hydrogen-bond acceptors (Lipinski definition) is 9. The summed E-state index contributed by atoms with van der Waals surface area (Å²) in [6, 6.07) is 5.19. The van der Waals surface area contributed by atoms with Crippen LogP contribution in [0.2, 0.25) is 0 Å². The van der Waals surface area contributed by atoms with E-state index in [0.29, 0.717) is 18.2 Å². The van der Waals surface area contributed by atoms with Gasteiger partial charge in [-0.3, -0.25) is 9.48 Å². The van der Waals surface area contributed by atoms with Gasteiger partial charge in [-0.15, -0.1) is 0 Å². The number of aromatic nitrogens is 4. The van der Waals surface area contributed by atoms with Crippen LogP contribution in [-0.4, -0.2) is 69.8 Å². The van der Waals surface area contributed by atoms with Crippen molar-refractivity contribution in [2.24, 2.45) is 5.73 Å². The number of carboxylic acid groups (broad SMARTS) is 1. The van der Waals surface area contributed by atoms with Crippen LogP contribution in [-0.2, 0) is 11.3 Å². The highest BCUT2D eigenvalue weighted by Gasteiger charge is 2.20. The summed E-state index contributed by atoms with van der Waals surface area (Å²) < 4.78 is 26.8. The summed E-state index contributed by atoms with van der Waals surface area (Å²) in [5, 5.41) is 21.1. The Morgan fingerprint density at radius 3 is 2.77 bits per heavy atom. The lowest BCUT2D eigenvalue weighted by Gasteiger charge is -2.21. The van der Waals surface area contributed by atoms with Gasteiger partial charge in [0, 0.05) is 44.0 Å². The van der Waals surface area contributed by atoms with Gasteiger partial charge in [-0.1, -0.05) is 0 Å². The summed E-state index contributed by atoms with van der Waals surface area (Å²) in [4.78, 5) is 31.2. The Labute approximate surface area is 199 Å².